The van der Waals surface area contributed by atoms with Gasteiger partial charge in [0.25, 0.3) is 15.7 Å². The molecule has 1 heterocycles. The molecule has 0 unspecified atom stereocenters. The van der Waals surface area contributed by atoms with Crippen molar-refractivity contribution in [1.29, 1.82) is 0 Å². The van der Waals surface area contributed by atoms with Crippen molar-refractivity contribution in [3.8, 4) is 0 Å². The Balaban J connectivity index is 2.78. The Bertz CT molecular complexity index is 1060. The smallest absolute Gasteiger partial charge is 0.307 e. The van der Waals surface area contributed by atoms with Gasteiger partial charge in [-0.05, 0) is 11.5 Å². The molecule has 0 aliphatic rings. The zero-order valence-electron chi connectivity index (χ0n) is 9.88. The van der Waals surface area contributed by atoms with Crippen LogP contribution < -0.4 is 11.2 Å². The minimum atomic E-state index is -4.63. The standard InChI is InChI=1S/C12H8N2O5S/c15-11-9-8(13-12(16)14-11)5-6-3-1-2-4-7(6)10(9)20(17,18)19/h1-5H,(H,17,18,19)(H2,13,14,15,16). The first-order valence-corrected chi connectivity index (χ1v) is 6.97. The molecule has 0 atom stereocenters. The molecule has 0 fully saturated rings. The third-order valence-corrected chi connectivity index (χ3v) is 3.90. The lowest BCUT2D eigenvalue weighted by molar-refractivity contribution is 0.485. The van der Waals surface area contributed by atoms with Crippen molar-refractivity contribution in [3.05, 3.63) is 51.2 Å². The van der Waals surface area contributed by atoms with Crippen LogP contribution in [0.15, 0.2) is 44.8 Å². The van der Waals surface area contributed by atoms with Crippen LogP contribution >= 0.6 is 0 Å². The van der Waals surface area contributed by atoms with Crippen molar-refractivity contribution in [2.45, 2.75) is 4.90 Å². The Morgan fingerprint density at radius 2 is 1.75 bits per heavy atom. The Kier molecular flexibility index (Phi) is 2.53. The van der Waals surface area contributed by atoms with E-state index < -0.39 is 26.3 Å². The third kappa shape index (κ3) is 1.82. The highest BCUT2D eigenvalue weighted by atomic mass is 32.2. The third-order valence-electron chi connectivity index (χ3n) is 2.96. The normalized spacial score (nSPS) is 12.1. The van der Waals surface area contributed by atoms with Crippen LogP contribution in [0.2, 0.25) is 0 Å². The molecule has 0 radical (unpaired) electrons. The van der Waals surface area contributed by atoms with E-state index in [2.05, 4.69) is 4.98 Å². The fraction of sp³-hybridized carbons (Fsp3) is 0. The topological polar surface area (TPSA) is 120 Å². The van der Waals surface area contributed by atoms with Crippen LogP contribution in [0.1, 0.15) is 0 Å². The fourth-order valence-electron chi connectivity index (χ4n) is 2.23. The van der Waals surface area contributed by atoms with Crippen molar-refractivity contribution in [2.24, 2.45) is 0 Å². The van der Waals surface area contributed by atoms with Gasteiger partial charge in [0, 0.05) is 5.39 Å². The molecule has 102 valence electrons. The van der Waals surface area contributed by atoms with Gasteiger partial charge in [0.1, 0.15) is 4.90 Å². The molecule has 8 heteroatoms. The summed E-state index contributed by atoms with van der Waals surface area (Å²) in [7, 11) is -4.63. The van der Waals surface area contributed by atoms with Gasteiger partial charge in [0.05, 0.1) is 10.9 Å². The lowest BCUT2D eigenvalue weighted by Crippen LogP contribution is -2.23. The lowest BCUT2D eigenvalue weighted by Gasteiger charge is -2.07. The van der Waals surface area contributed by atoms with Crippen LogP contribution in [-0.2, 0) is 10.1 Å². The quantitative estimate of drug-likeness (QED) is 0.448. The van der Waals surface area contributed by atoms with Crippen molar-refractivity contribution < 1.29 is 13.0 Å². The van der Waals surface area contributed by atoms with E-state index in [-0.39, 0.29) is 16.3 Å². The summed E-state index contributed by atoms with van der Waals surface area (Å²) in [6, 6.07) is 7.83. The largest absolute Gasteiger partial charge is 0.326 e. The van der Waals surface area contributed by atoms with E-state index in [1.165, 1.54) is 12.1 Å². The predicted octanol–water partition coefficient (Wildman–Crippen LogP) is 0.616. The molecule has 0 bridgehead atoms. The highest BCUT2D eigenvalue weighted by Crippen LogP contribution is 2.28. The van der Waals surface area contributed by atoms with E-state index in [9.17, 15) is 22.6 Å². The average Bonchev–Trinajstić information content (AvgIpc) is 2.34. The van der Waals surface area contributed by atoms with Crippen molar-refractivity contribution in [2.75, 3.05) is 0 Å². The number of H-pyrrole nitrogens is 2. The maximum atomic E-state index is 11.9. The SMILES string of the molecule is O=c1[nH]c(=O)c2c(S(=O)(=O)O)c3ccccc3cc2[nH]1. The molecule has 0 amide bonds. The molecule has 3 N–H and O–H groups in total. The Morgan fingerprint density at radius 3 is 2.45 bits per heavy atom. The summed E-state index contributed by atoms with van der Waals surface area (Å²) < 4.78 is 32.6. The monoisotopic (exact) mass is 292 g/mol. The number of benzene rings is 2. The number of aromatic nitrogens is 2. The van der Waals surface area contributed by atoms with Gasteiger partial charge >= 0.3 is 5.69 Å². The van der Waals surface area contributed by atoms with Gasteiger partial charge in [-0.1, -0.05) is 24.3 Å². The fourth-order valence-corrected chi connectivity index (χ4v) is 3.15. The molecule has 7 nitrogen and oxygen atoms in total. The van der Waals surface area contributed by atoms with Gasteiger partial charge < -0.3 is 4.98 Å². The van der Waals surface area contributed by atoms with Gasteiger partial charge in [-0.25, -0.2) is 4.79 Å². The molecule has 0 aliphatic carbocycles. The van der Waals surface area contributed by atoms with Crippen LogP contribution in [-0.4, -0.2) is 22.9 Å². The van der Waals surface area contributed by atoms with Gasteiger partial charge in [-0.15, -0.1) is 0 Å². The second-order valence-electron chi connectivity index (χ2n) is 4.23. The minimum absolute atomic E-state index is 0.0464. The van der Waals surface area contributed by atoms with Crippen molar-refractivity contribution >= 4 is 31.8 Å². The summed E-state index contributed by atoms with van der Waals surface area (Å²) in [4.78, 5) is 26.9. The maximum Gasteiger partial charge on any atom is 0.326 e. The summed E-state index contributed by atoms with van der Waals surface area (Å²) >= 11 is 0. The summed E-state index contributed by atoms with van der Waals surface area (Å²) in [6.45, 7) is 0. The Hall–Kier alpha value is -2.45. The molecular formula is C12H8N2O5S. The molecule has 3 rings (SSSR count). The molecular weight excluding hydrogens is 284 g/mol. The zero-order chi connectivity index (χ0) is 14.5. The number of nitrogens with one attached hydrogen (secondary N) is 2. The van der Waals surface area contributed by atoms with Crippen molar-refractivity contribution in [1.82, 2.24) is 9.97 Å². The molecule has 0 saturated heterocycles. The van der Waals surface area contributed by atoms with E-state index in [1.807, 2.05) is 4.98 Å². The first kappa shape index (κ1) is 12.6. The van der Waals surface area contributed by atoms with Gasteiger partial charge in [0.2, 0.25) is 0 Å². The molecule has 3 aromatic rings. The average molecular weight is 292 g/mol. The minimum Gasteiger partial charge on any atom is -0.307 e. The highest BCUT2D eigenvalue weighted by molar-refractivity contribution is 7.86. The number of rotatable bonds is 1. The number of hydrogen-bond donors (Lipinski definition) is 3. The van der Waals surface area contributed by atoms with Crippen LogP contribution in [0.3, 0.4) is 0 Å². The van der Waals surface area contributed by atoms with E-state index >= 15 is 0 Å². The number of hydrogen-bond acceptors (Lipinski definition) is 4. The molecule has 2 aromatic carbocycles. The van der Waals surface area contributed by atoms with Crippen LogP contribution in [0.4, 0.5) is 0 Å². The lowest BCUT2D eigenvalue weighted by atomic mass is 10.1. The molecule has 0 aliphatic heterocycles. The Morgan fingerprint density at radius 1 is 1.05 bits per heavy atom. The second-order valence-corrected chi connectivity index (χ2v) is 5.59. The molecule has 0 saturated carbocycles. The maximum absolute atomic E-state index is 11.9. The van der Waals surface area contributed by atoms with Crippen LogP contribution in [0.25, 0.3) is 21.7 Å². The van der Waals surface area contributed by atoms with Crippen molar-refractivity contribution in [3.63, 3.8) is 0 Å². The number of fused-ring (bicyclic) bond motifs is 2. The van der Waals surface area contributed by atoms with E-state index in [0.717, 1.165) is 0 Å². The van der Waals surface area contributed by atoms with E-state index in [0.29, 0.717) is 5.39 Å². The first-order chi connectivity index (χ1) is 9.38. The van der Waals surface area contributed by atoms with E-state index in [4.69, 9.17) is 0 Å². The van der Waals surface area contributed by atoms with Crippen LogP contribution in [0, 0.1) is 0 Å². The molecule has 1 aromatic heterocycles. The first-order valence-electron chi connectivity index (χ1n) is 5.53. The van der Waals surface area contributed by atoms with Gasteiger partial charge in [-0.2, -0.15) is 8.42 Å². The zero-order valence-corrected chi connectivity index (χ0v) is 10.7. The molecule has 20 heavy (non-hydrogen) atoms. The van der Waals surface area contributed by atoms with Crippen LogP contribution in [0.5, 0.6) is 0 Å². The second kappa shape index (κ2) is 4.02. The number of aromatic amines is 2. The van der Waals surface area contributed by atoms with Gasteiger partial charge in [-0.3, -0.25) is 14.3 Å². The summed E-state index contributed by atoms with van der Waals surface area (Å²) in [5.41, 5.74) is -1.58. The summed E-state index contributed by atoms with van der Waals surface area (Å²) in [5.74, 6) is 0. The Labute approximate surface area is 111 Å². The summed E-state index contributed by atoms with van der Waals surface area (Å²) in [6.07, 6.45) is 0. The van der Waals surface area contributed by atoms with E-state index in [1.54, 1.807) is 18.2 Å². The van der Waals surface area contributed by atoms with Gasteiger partial charge in [0.15, 0.2) is 0 Å². The molecule has 0 spiro atoms. The summed E-state index contributed by atoms with van der Waals surface area (Å²) in [5, 5.41) is 0.416. The highest BCUT2D eigenvalue weighted by Gasteiger charge is 2.21. The predicted molar refractivity (Wildman–Crippen MR) is 72.5 cm³/mol.